The van der Waals surface area contributed by atoms with Crippen LogP contribution < -0.4 is 0 Å². The van der Waals surface area contributed by atoms with Crippen molar-refractivity contribution < 1.29 is 19.4 Å². The standard InChI is InChI=1S/C8H12O4/c1-3-12-6(9)5-4-8(5,2)7(10)11/h5H,3-4H2,1-2H3,(H,10,11)/t5-,8-/m1/s1. The van der Waals surface area contributed by atoms with Gasteiger partial charge in [-0.05, 0) is 20.3 Å². The lowest BCUT2D eigenvalue weighted by molar-refractivity contribution is -0.151. The van der Waals surface area contributed by atoms with Crippen molar-refractivity contribution in [3.63, 3.8) is 0 Å². The van der Waals surface area contributed by atoms with Crippen molar-refractivity contribution in [1.82, 2.24) is 0 Å². The molecule has 0 aromatic rings. The quantitative estimate of drug-likeness (QED) is 0.635. The van der Waals surface area contributed by atoms with Gasteiger partial charge in [0.2, 0.25) is 0 Å². The zero-order valence-corrected chi connectivity index (χ0v) is 7.16. The number of esters is 1. The minimum Gasteiger partial charge on any atom is -0.481 e. The van der Waals surface area contributed by atoms with Crippen molar-refractivity contribution in [2.24, 2.45) is 11.3 Å². The zero-order chi connectivity index (χ0) is 9.35. The molecule has 0 radical (unpaired) electrons. The third-order valence-corrected chi connectivity index (χ3v) is 2.30. The molecule has 0 aromatic heterocycles. The summed E-state index contributed by atoms with van der Waals surface area (Å²) in [4.78, 5) is 21.6. The van der Waals surface area contributed by atoms with Crippen molar-refractivity contribution in [2.45, 2.75) is 20.3 Å². The molecule has 1 rings (SSSR count). The van der Waals surface area contributed by atoms with Gasteiger partial charge in [-0.2, -0.15) is 0 Å². The maximum absolute atomic E-state index is 11.0. The van der Waals surface area contributed by atoms with Crippen molar-refractivity contribution in [1.29, 1.82) is 0 Å². The first-order chi connectivity index (χ1) is 5.52. The fraction of sp³-hybridized carbons (Fsp3) is 0.750. The van der Waals surface area contributed by atoms with Gasteiger partial charge in [-0.1, -0.05) is 0 Å². The molecule has 1 aliphatic rings. The van der Waals surface area contributed by atoms with Crippen molar-refractivity contribution in [3.05, 3.63) is 0 Å². The summed E-state index contributed by atoms with van der Waals surface area (Å²) in [6.45, 7) is 3.58. The number of hydrogen-bond donors (Lipinski definition) is 1. The Balaban J connectivity index is 2.51. The van der Waals surface area contributed by atoms with Crippen LogP contribution in [-0.4, -0.2) is 23.7 Å². The molecule has 0 unspecified atom stereocenters. The monoisotopic (exact) mass is 172 g/mol. The van der Waals surface area contributed by atoms with Crippen LogP contribution in [0.2, 0.25) is 0 Å². The van der Waals surface area contributed by atoms with Crippen molar-refractivity contribution in [3.8, 4) is 0 Å². The third kappa shape index (κ3) is 1.29. The van der Waals surface area contributed by atoms with Gasteiger partial charge in [0.15, 0.2) is 0 Å². The summed E-state index contributed by atoms with van der Waals surface area (Å²) in [5.41, 5.74) is -0.869. The molecule has 0 aliphatic heterocycles. The van der Waals surface area contributed by atoms with E-state index in [1.807, 2.05) is 0 Å². The third-order valence-electron chi connectivity index (χ3n) is 2.30. The number of carboxylic acid groups (broad SMARTS) is 1. The van der Waals surface area contributed by atoms with Gasteiger partial charge >= 0.3 is 11.9 Å². The van der Waals surface area contributed by atoms with Crippen LogP contribution in [0, 0.1) is 11.3 Å². The average molecular weight is 172 g/mol. The van der Waals surface area contributed by atoms with Gasteiger partial charge in [-0.15, -0.1) is 0 Å². The molecular weight excluding hydrogens is 160 g/mol. The van der Waals surface area contributed by atoms with Crippen molar-refractivity contribution in [2.75, 3.05) is 6.61 Å². The van der Waals surface area contributed by atoms with Gasteiger partial charge < -0.3 is 9.84 Å². The minimum absolute atomic E-state index is 0.311. The molecule has 12 heavy (non-hydrogen) atoms. The lowest BCUT2D eigenvalue weighted by atomic mass is 10.1. The first kappa shape index (κ1) is 9.03. The Morgan fingerprint density at radius 1 is 1.67 bits per heavy atom. The highest BCUT2D eigenvalue weighted by atomic mass is 16.5. The molecule has 1 saturated carbocycles. The maximum Gasteiger partial charge on any atom is 0.310 e. The number of ether oxygens (including phenoxy) is 1. The fourth-order valence-corrected chi connectivity index (χ4v) is 1.19. The smallest absolute Gasteiger partial charge is 0.310 e. The summed E-state index contributed by atoms with van der Waals surface area (Å²) in [5.74, 6) is -1.74. The first-order valence-electron chi connectivity index (χ1n) is 3.92. The van der Waals surface area contributed by atoms with E-state index in [-0.39, 0.29) is 5.97 Å². The van der Waals surface area contributed by atoms with E-state index in [0.29, 0.717) is 13.0 Å². The second-order valence-electron chi connectivity index (χ2n) is 3.23. The van der Waals surface area contributed by atoms with Crippen LogP contribution in [0.25, 0.3) is 0 Å². The highest BCUT2D eigenvalue weighted by molar-refractivity contribution is 5.89. The highest BCUT2D eigenvalue weighted by Gasteiger charge is 2.61. The summed E-state index contributed by atoms with van der Waals surface area (Å²) in [6, 6.07) is 0. The van der Waals surface area contributed by atoms with E-state index in [0.717, 1.165) is 0 Å². The lowest BCUT2D eigenvalue weighted by Gasteiger charge is -2.03. The van der Waals surface area contributed by atoms with E-state index >= 15 is 0 Å². The highest BCUT2D eigenvalue weighted by Crippen LogP contribution is 2.52. The number of carbonyl (C=O) groups is 2. The van der Waals surface area contributed by atoms with E-state index < -0.39 is 17.3 Å². The van der Waals surface area contributed by atoms with Gasteiger partial charge in [0, 0.05) is 0 Å². The number of aliphatic carboxylic acids is 1. The number of carboxylic acids is 1. The predicted molar refractivity (Wildman–Crippen MR) is 40.5 cm³/mol. The molecular formula is C8H12O4. The SMILES string of the molecule is CCOC(=O)[C@H]1C[C@@]1(C)C(=O)O. The molecule has 4 nitrogen and oxygen atoms in total. The molecule has 1 aliphatic carbocycles. The fourth-order valence-electron chi connectivity index (χ4n) is 1.19. The Bertz CT molecular complexity index is 223. The van der Waals surface area contributed by atoms with Crippen LogP contribution in [-0.2, 0) is 14.3 Å². The maximum atomic E-state index is 11.0. The second-order valence-corrected chi connectivity index (χ2v) is 3.23. The molecule has 0 spiro atoms. The Hall–Kier alpha value is -1.06. The van der Waals surface area contributed by atoms with Crippen LogP contribution in [0.3, 0.4) is 0 Å². The Labute approximate surface area is 70.5 Å². The van der Waals surface area contributed by atoms with E-state index in [1.165, 1.54) is 0 Å². The summed E-state index contributed by atoms with van der Waals surface area (Å²) < 4.78 is 4.71. The molecule has 0 amide bonds. The molecule has 1 N–H and O–H groups in total. The van der Waals surface area contributed by atoms with Crippen LogP contribution in [0.5, 0.6) is 0 Å². The second kappa shape index (κ2) is 2.77. The number of carbonyl (C=O) groups excluding carboxylic acids is 1. The van der Waals surface area contributed by atoms with E-state index in [2.05, 4.69) is 0 Å². The summed E-state index contributed by atoms with van der Waals surface area (Å²) >= 11 is 0. The molecule has 4 heteroatoms. The van der Waals surface area contributed by atoms with Gasteiger partial charge in [-0.3, -0.25) is 9.59 Å². The van der Waals surface area contributed by atoms with Crippen LogP contribution in [0.4, 0.5) is 0 Å². The molecule has 2 atom stereocenters. The van der Waals surface area contributed by atoms with E-state index in [4.69, 9.17) is 9.84 Å². The lowest BCUT2D eigenvalue weighted by Crippen LogP contribution is -2.18. The van der Waals surface area contributed by atoms with Crippen molar-refractivity contribution >= 4 is 11.9 Å². The Morgan fingerprint density at radius 3 is 2.58 bits per heavy atom. The average Bonchev–Trinajstić information content (AvgIpc) is 2.65. The molecule has 0 bridgehead atoms. The van der Waals surface area contributed by atoms with Crippen LogP contribution in [0.1, 0.15) is 20.3 Å². The largest absolute Gasteiger partial charge is 0.481 e. The summed E-state index contributed by atoms with van der Waals surface area (Å²) in [7, 11) is 0. The zero-order valence-electron chi connectivity index (χ0n) is 7.16. The summed E-state index contributed by atoms with van der Waals surface area (Å²) in [6.07, 6.45) is 0.404. The molecule has 1 fully saturated rings. The molecule has 0 aromatic carbocycles. The Kier molecular flexibility index (Phi) is 2.08. The number of rotatable bonds is 3. The van der Waals surface area contributed by atoms with Gasteiger partial charge in [0.05, 0.1) is 17.9 Å². The summed E-state index contributed by atoms with van der Waals surface area (Å²) in [5, 5.41) is 8.69. The number of hydrogen-bond acceptors (Lipinski definition) is 3. The van der Waals surface area contributed by atoms with Gasteiger partial charge in [0.1, 0.15) is 0 Å². The Morgan fingerprint density at radius 2 is 2.25 bits per heavy atom. The topological polar surface area (TPSA) is 63.6 Å². The van der Waals surface area contributed by atoms with Gasteiger partial charge in [0.25, 0.3) is 0 Å². The van der Waals surface area contributed by atoms with Crippen LogP contribution >= 0.6 is 0 Å². The first-order valence-corrected chi connectivity index (χ1v) is 3.92. The molecule has 0 heterocycles. The van der Waals surface area contributed by atoms with Crippen LogP contribution in [0.15, 0.2) is 0 Å². The van der Waals surface area contributed by atoms with Gasteiger partial charge in [-0.25, -0.2) is 0 Å². The molecule has 68 valence electrons. The predicted octanol–water partition coefficient (Wildman–Crippen LogP) is 0.660. The molecule has 0 saturated heterocycles. The minimum atomic E-state index is -0.916. The van der Waals surface area contributed by atoms with E-state index in [1.54, 1.807) is 13.8 Å². The van der Waals surface area contributed by atoms with E-state index in [9.17, 15) is 9.59 Å². The normalized spacial score (nSPS) is 32.7.